The standard InChI is InChI=1S/C48H93NO6/c1-5-7-9-11-13-15-17-19-20-21-22-23-24-25-26-27-28-29-31-33-35-37-39-41-47(53)49-45(42-50)48(55-44(4)52)46(54-43(3)51)40-38-36-34-32-30-18-16-14-12-10-8-6-2/h45-46,48,50H,5-42H2,1-4H3,(H,49,53)/t45-,46-,48-/m1/s1. The number of amides is 1. The minimum atomic E-state index is -0.933. The van der Waals surface area contributed by atoms with Crippen molar-refractivity contribution < 1.29 is 29.0 Å². The van der Waals surface area contributed by atoms with Crippen LogP contribution in [0.2, 0.25) is 0 Å². The normalized spacial score (nSPS) is 13.0. The lowest BCUT2D eigenvalue weighted by atomic mass is 9.98. The molecule has 3 atom stereocenters. The molecule has 0 aliphatic heterocycles. The predicted octanol–water partition coefficient (Wildman–Crippen LogP) is 13.8. The number of hydrogen-bond donors (Lipinski definition) is 2. The Bertz CT molecular complexity index is 850. The van der Waals surface area contributed by atoms with E-state index in [4.69, 9.17) is 9.47 Å². The molecule has 0 saturated heterocycles. The van der Waals surface area contributed by atoms with Gasteiger partial charge in [-0.25, -0.2) is 0 Å². The van der Waals surface area contributed by atoms with Gasteiger partial charge >= 0.3 is 11.9 Å². The second-order valence-electron chi connectivity index (χ2n) is 16.8. The molecule has 0 aliphatic carbocycles. The minimum Gasteiger partial charge on any atom is -0.459 e. The van der Waals surface area contributed by atoms with Gasteiger partial charge in [-0.1, -0.05) is 226 Å². The Hall–Kier alpha value is -1.63. The number of esters is 2. The number of carbonyl (C=O) groups is 3. The molecule has 7 nitrogen and oxygen atoms in total. The molecule has 0 radical (unpaired) electrons. The fourth-order valence-electron chi connectivity index (χ4n) is 7.88. The van der Waals surface area contributed by atoms with Gasteiger partial charge in [0, 0.05) is 20.3 Å². The topological polar surface area (TPSA) is 102 Å². The molecule has 0 heterocycles. The van der Waals surface area contributed by atoms with E-state index in [0.717, 1.165) is 38.5 Å². The molecule has 2 N–H and O–H groups in total. The fraction of sp³-hybridized carbons (Fsp3) is 0.938. The van der Waals surface area contributed by atoms with E-state index in [1.165, 1.54) is 200 Å². The maximum Gasteiger partial charge on any atom is 0.303 e. The highest BCUT2D eigenvalue weighted by atomic mass is 16.6. The molecule has 7 heteroatoms. The number of ether oxygens (including phenoxy) is 2. The lowest BCUT2D eigenvalue weighted by molar-refractivity contribution is -0.170. The zero-order chi connectivity index (χ0) is 40.5. The number of carbonyl (C=O) groups excluding carboxylic acids is 3. The van der Waals surface area contributed by atoms with Gasteiger partial charge in [-0.05, 0) is 19.3 Å². The highest BCUT2D eigenvalue weighted by Crippen LogP contribution is 2.20. The van der Waals surface area contributed by atoms with Crippen molar-refractivity contribution in [3.05, 3.63) is 0 Å². The third-order valence-corrected chi connectivity index (χ3v) is 11.3. The van der Waals surface area contributed by atoms with E-state index in [0.29, 0.717) is 12.8 Å². The first-order chi connectivity index (χ1) is 26.8. The Morgan fingerprint density at radius 2 is 0.727 bits per heavy atom. The molecule has 0 rings (SSSR count). The Kier molecular flexibility index (Phi) is 40.7. The molecule has 0 spiro atoms. The monoisotopic (exact) mass is 780 g/mol. The van der Waals surface area contributed by atoms with Crippen molar-refractivity contribution in [3.8, 4) is 0 Å². The molecule has 0 fully saturated rings. The van der Waals surface area contributed by atoms with Crippen LogP contribution in [0.15, 0.2) is 0 Å². The molecule has 0 saturated carbocycles. The van der Waals surface area contributed by atoms with Crippen LogP contribution in [0.3, 0.4) is 0 Å². The Morgan fingerprint density at radius 1 is 0.436 bits per heavy atom. The maximum absolute atomic E-state index is 12.9. The van der Waals surface area contributed by atoms with Gasteiger partial charge in [-0.3, -0.25) is 14.4 Å². The molecule has 0 aromatic carbocycles. The van der Waals surface area contributed by atoms with Crippen molar-refractivity contribution in [1.29, 1.82) is 0 Å². The number of rotatable bonds is 43. The van der Waals surface area contributed by atoms with Crippen molar-refractivity contribution in [2.45, 2.75) is 284 Å². The van der Waals surface area contributed by atoms with E-state index in [9.17, 15) is 19.5 Å². The summed E-state index contributed by atoms with van der Waals surface area (Å²) in [7, 11) is 0. The van der Waals surface area contributed by atoms with Gasteiger partial charge in [0.15, 0.2) is 6.10 Å². The first-order valence-corrected chi connectivity index (χ1v) is 24.1. The van der Waals surface area contributed by atoms with Crippen molar-refractivity contribution in [2.75, 3.05) is 6.61 Å². The Morgan fingerprint density at radius 3 is 1.02 bits per heavy atom. The number of nitrogens with one attached hydrogen (secondary N) is 1. The number of hydrogen-bond acceptors (Lipinski definition) is 6. The van der Waals surface area contributed by atoms with Crippen LogP contribution in [0.4, 0.5) is 0 Å². The molecule has 326 valence electrons. The molecule has 0 bridgehead atoms. The second-order valence-corrected chi connectivity index (χ2v) is 16.8. The average Bonchev–Trinajstić information content (AvgIpc) is 3.16. The molecule has 0 aromatic heterocycles. The Labute approximate surface area is 341 Å². The fourth-order valence-corrected chi connectivity index (χ4v) is 7.88. The average molecular weight is 780 g/mol. The van der Waals surface area contributed by atoms with Crippen LogP contribution in [0.1, 0.15) is 265 Å². The van der Waals surface area contributed by atoms with Crippen LogP contribution in [0, 0.1) is 0 Å². The third-order valence-electron chi connectivity index (χ3n) is 11.3. The third kappa shape index (κ3) is 37.7. The van der Waals surface area contributed by atoms with Crippen LogP contribution >= 0.6 is 0 Å². The first-order valence-electron chi connectivity index (χ1n) is 24.1. The smallest absolute Gasteiger partial charge is 0.303 e. The molecule has 0 aliphatic rings. The van der Waals surface area contributed by atoms with Gasteiger partial charge < -0.3 is 19.9 Å². The van der Waals surface area contributed by atoms with Gasteiger partial charge in [-0.2, -0.15) is 0 Å². The van der Waals surface area contributed by atoms with E-state index in [2.05, 4.69) is 19.2 Å². The number of aliphatic hydroxyl groups is 1. The number of unbranched alkanes of at least 4 members (excludes halogenated alkanes) is 33. The summed E-state index contributed by atoms with van der Waals surface area (Å²) in [4.78, 5) is 36.9. The van der Waals surface area contributed by atoms with Gasteiger partial charge in [-0.15, -0.1) is 0 Å². The van der Waals surface area contributed by atoms with E-state index < -0.39 is 36.8 Å². The largest absolute Gasteiger partial charge is 0.459 e. The van der Waals surface area contributed by atoms with Crippen LogP contribution in [0.5, 0.6) is 0 Å². The zero-order valence-electron chi connectivity index (χ0n) is 37.1. The van der Waals surface area contributed by atoms with E-state index in [1.807, 2.05) is 0 Å². The number of aliphatic hydroxyl groups excluding tert-OH is 1. The van der Waals surface area contributed by atoms with Gasteiger partial charge in [0.25, 0.3) is 0 Å². The van der Waals surface area contributed by atoms with Crippen LogP contribution < -0.4 is 5.32 Å². The zero-order valence-corrected chi connectivity index (χ0v) is 37.1. The summed E-state index contributed by atoms with van der Waals surface area (Å²) in [5, 5.41) is 13.1. The maximum atomic E-state index is 12.9. The Balaban J connectivity index is 4.09. The van der Waals surface area contributed by atoms with Crippen molar-refractivity contribution in [1.82, 2.24) is 5.32 Å². The summed E-state index contributed by atoms with van der Waals surface area (Å²) >= 11 is 0. The summed E-state index contributed by atoms with van der Waals surface area (Å²) in [5.41, 5.74) is 0. The molecule has 0 unspecified atom stereocenters. The predicted molar refractivity (Wildman–Crippen MR) is 232 cm³/mol. The van der Waals surface area contributed by atoms with E-state index in [-0.39, 0.29) is 5.91 Å². The highest BCUT2D eigenvalue weighted by molar-refractivity contribution is 5.76. The van der Waals surface area contributed by atoms with E-state index >= 15 is 0 Å². The summed E-state index contributed by atoms with van der Waals surface area (Å²) in [6, 6.07) is -0.831. The van der Waals surface area contributed by atoms with Crippen LogP contribution in [0.25, 0.3) is 0 Å². The molecular weight excluding hydrogens is 687 g/mol. The lowest BCUT2D eigenvalue weighted by Crippen LogP contribution is -2.53. The second kappa shape index (κ2) is 42.0. The van der Waals surface area contributed by atoms with Gasteiger partial charge in [0.2, 0.25) is 5.91 Å². The minimum absolute atomic E-state index is 0.174. The summed E-state index contributed by atoms with van der Waals surface area (Å²) in [5.74, 6) is -1.17. The van der Waals surface area contributed by atoms with Crippen molar-refractivity contribution >= 4 is 17.8 Å². The van der Waals surface area contributed by atoms with Crippen LogP contribution in [-0.4, -0.2) is 47.8 Å². The molecule has 55 heavy (non-hydrogen) atoms. The van der Waals surface area contributed by atoms with Crippen molar-refractivity contribution in [2.24, 2.45) is 0 Å². The molecule has 1 amide bonds. The lowest BCUT2D eigenvalue weighted by Gasteiger charge is -2.32. The quantitative estimate of drug-likeness (QED) is 0.0472. The highest BCUT2D eigenvalue weighted by Gasteiger charge is 2.35. The summed E-state index contributed by atoms with van der Waals surface area (Å²) in [6.45, 7) is 6.78. The summed E-state index contributed by atoms with van der Waals surface area (Å²) in [6.07, 6.45) is 44.5. The van der Waals surface area contributed by atoms with Crippen LogP contribution in [-0.2, 0) is 23.9 Å². The van der Waals surface area contributed by atoms with E-state index in [1.54, 1.807) is 0 Å². The van der Waals surface area contributed by atoms with Gasteiger partial charge in [0.1, 0.15) is 6.10 Å². The molecule has 0 aromatic rings. The molecular formula is C48H93NO6. The SMILES string of the molecule is CCCCCCCCCCCCCCCCCCCCCCCCCC(=O)N[C@H](CO)[C@@H](OC(C)=O)[C@@H](CCCCCCCCCCCCCC)OC(C)=O. The van der Waals surface area contributed by atoms with Crippen molar-refractivity contribution in [3.63, 3.8) is 0 Å². The van der Waals surface area contributed by atoms with Gasteiger partial charge in [0.05, 0.1) is 12.6 Å². The summed E-state index contributed by atoms with van der Waals surface area (Å²) < 4.78 is 11.2. The first kappa shape index (κ1) is 53.4.